The summed E-state index contributed by atoms with van der Waals surface area (Å²) >= 11 is 0. The number of aliphatic hydroxyl groups excluding tert-OH is 1. The quantitative estimate of drug-likeness (QED) is 0.363. The van der Waals surface area contributed by atoms with Gasteiger partial charge in [-0.3, -0.25) is 4.79 Å². The van der Waals surface area contributed by atoms with E-state index < -0.39 is 5.41 Å². The van der Waals surface area contributed by atoms with Crippen LogP contribution in [-0.2, 0) is 18.3 Å². The molecule has 1 atom stereocenters. The van der Waals surface area contributed by atoms with Gasteiger partial charge in [-0.25, -0.2) is 15.3 Å². The van der Waals surface area contributed by atoms with Gasteiger partial charge in [0.1, 0.15) is 5.56 Å². The fourth-order valence-electron chi connectivity index (χ4n) is 4.29. The monoisotopic (exact) mass is 490 g/mol. The molecule has 1 unspecified atom stereocenters. The Hall–Kier alpha value is -3.40. The van der Waals surface area contributed by atoms with Crippen LogP contribution in [0.2, 0.25) is 0 Å². The summed E-state index contributed by atoms with van der Waals surface area (Å²) in [4.78, 5) is 28.8. The molecule has 5 N–H and O–H groups in total. The number of benzene rings is 1. The Labute approximate surface area is 212 Å². The van der Waals surface area contributed by atoms with Gasteiger partial charge < -0.3 is 20.6 Å². The highest BCUT2D eigenvalue weighted by atomic mass is 16.3. The molecule has 4 rings (SSSR count). The number of nitrogens with zero attached hydrogens (tertiary/aromatic N) is 4. The molecule has 1 aliphatic carbocycles. The number of carbonyl (C=O) groups is 1. The smallest absolute Gasteiger partial charge is 0.260 e. The fourth-order valence-corrected chi connectivity index (χ4v) is 4.29. The van der Waals surface area contributed by atoms with Crippen molar-refractivity contribution in [3.63, 3.8) is 0 Å². The van der Waals surface area contributed by atoms with Crippen LogP contribution in [0.25, 0.3) is 0 Å². The molecule has 0 spiro atoms. The number of carbonyl (C=O) groups excluding carboxylic acids is 1. The second kappa shape index (κ2) is 10.7. The summed E-state index contributed by atoms with van der Waals surface area (Å²) < 4.78 is 0. The number of aliphatic hydroxyl groups is 1. The van der Waals surface area contributed by atoms with Crippen LogP contribution in [0.15, 0.2) is 42.6 Å². The zero-order valence-corrected chi connectivity index (χ0v) is 21.7. The van der Waals surface area contributed by atoms with Crippen molar-refractivity contribution in [3.05, 3.63) is 65.0 Å². The number of quaternary nitrogens is 1. The van der Waals surface area contributed by atoms with Gasteiger partial charge in [0.2, 0.25) is 17.6 Å². The molecular formula is C27H36N7O2+. The standard InChI is InChI=1S/C27H35N7O2/c1-6-28-25(36)21-15-29-26(30-19-11-10-17-13-20(34(4)5)14-18(17)12-19)33-24(21)32-23-9-7-8-22(31-23)27(2,3)16-35/h7-12,15,20,35H,6,13-14,16H2,1-5H3,(H,28,36)(H2,29,30,31,32,33)/p+1. The molecule has 9 heteroatoms. The lowest BCUT2D eigenvalue weighted by atomic mass is 9.90. The molecule has 36 heavy (non-hydrogen) atoms. The van der Waals surface area contributed by atoms with Gasteiger partial charge in [0, 0.05) is 29.8 Å². The van der Waals surface area contributed by atoms with Gasteiger partial charge in [0.05, 0.1) is 18.5 Å². The van der Waals surface area contributed by atoms with Crippen LogP contribution >= 0.6 is 0 Å². The van der Waals surface area contributed by atoms with Gasteiger partial charge in [-0.05, 0) is 63.2 Å². The lowest BCUT2D eigenvalue weighted by molar-refractivity contribution is -0.487. The molecule has 2 aromatic heterocycles. The first-order chi connectivity index (χ1) is 17.2. The first kappa shape index (κ1) is 25.7. The van der Waals surface area contributed by atoms with Gasteiger partial charge >= 0.3 is 0 Å². The number of pyridine rings is 1. The second-order valence-corrected chi connectivity index (χ2v) is 10.1. The average Bonchev–Trinajstić information content (AvgIpc) is 3.28. The highest BCUT2D eigenvalue weighted by molar-refractivity contribution is 5.97. The molecule has 2 heterocycles. The minimum Gasteiger partial charge on any atom is -0.395 e. The Morgan fingerprint density at radius 3 is 2.67 bits per heavy atom. The molecule has 0 fully saturated rings. The Morgan fingerprint density at radius 2 is 1.94 bits per heavy atom. The number of hydrogen-bond donors (Lipinski definition) is 4. The van der Waals surface area contributed by atoms with Crippen LogP contribution < -0.4 is 16.0 Å². The van der Waals surface area contributed by atoms with E-state index in [1.807, 2.05) is 45.0 Å². The van der Waals surface area contributed by atoms with Crippen molar-refractivity contribution in [2.75, 3.05) is 32.6 Å². The fraction of sp³-hybridized carbons (Fsp3) is 0.407. The molecule has 190 valence electrons. The van der Waals surface area contributed by atoms with Gasteiger partial charge in [0.15, 0.2) is 0 Å². The molecule has 1 amide bonds. The summed E-state index contributed by atoms with van der Waals surface area (Å²) in [5, 5.41) is 17.7. The summed E-state index contributed by atoms with van der Waals surface area (Å²) in [6.07, 6.45) is 3.61. The first-order valence-corrected chi connectivity index (χ1v) is 12.3. The predicted molar refractivity (Wildman–Crippen MR) is 140 cm³/mol. The van der Waals surface area contributed by atoms with E-state index in [2.05, 4.69) is 51.7 Å². The second-order valence-electron chi connectivity index (χ2n) is 10.1. The van der Waals surface area contributed by atoms with Gasteiger partial charge in [0.25, 0.3) is 5.91 Å². The molecule has 0 saturated carbocycles. The van der Waals surface area contributed by atoms with E-state index in [-0.39, 0.29) is 12.5 Å². The number of amides is 1. The van der Waals surface area contributed by atoms with E-state index in [0.29, 0.717) is 35.7 Å². The van der Waals surface area contributed by atoms with E-state index in [1.54, 1.807) is 11.5 Å². The third-order valence-electron chi connectivity index (χ3n) is 6.65. The Kier molecular flexibility index (Phi) is 7.63. The lowest BCUT2D eigenvalue weighted by Crippen LogP contribution is -2.73. The van der Waals surface area contributed by atoms with Gasteiger partial charge in [-0.2, -0.15) is 4.98 Å². The van der Waals surface area contributed by atoms with Crippen LogP contribution in [-0.4, -0.2) is 64.2 Å². The largest absolute Gasteiger partial charge is 0.395 e. The molecule has 0 saturated heterocycles. The minimum atomic E-state index is -0.482. The maximum Gasteiger partial charge on any atom is 0.260 e. The molecule has 1 aliphatic rings. The molecule has 3 aromatic rings. The van der Waals surface area contributed by atoms with Crippen LogP contribution in [0.4, 0.5) is 23.3 Å². The summed E-state index contributed by atoms with van der Waals surface area (Å²) in [6, 6.07) is 12.5. The van der Waals surface area contributed by atoms with Crippen LogP contribution in [0.5, 0.6) is 0 Å². The van der Waals surface area contributed by atoms with E-state index in [9.17, 15) is 9.90 Å². The summed E-state index contributed by atoms with van der Waals surface area (Å²) in [7, 11) is 4.24. The molecular weight excluding hydrogens is 454 g/mol. The van der Waals surface area contributed by atoms with Crippen molar-refractivity contribution < 1.29 is 15.2 Å². The third kappa shape index (κ3) is 5.70. The van der Waals surface area contributed by atoms with Crippen molar-refractivity contribution in [1.82, 2.24) is 25.2 Å². The zero-order chi connectivity index (χ0) is 25.9. The third-order valence-corrected chi connectivity index (χ3v) is 6.65. The number of anilines is 2. The normalized spacial score (nSPS) is 15.1. The maximum atomic E-state index is 12.7. The number of hydrogen-bond acceptors (Lipinski definition) is 7. The van der Waals surface area contributed by atoms with Crippen LogP contribution in [0.1, 0.15) is 48.0 Å². The van der Waals surface area contributed by atoms with Crippen molar-refractivity contribution in [2.24, 2.45) is 0 Å². The Balaban J connectivity index is 1.62. The van der Waals surface area contributed by atoms with E-state index in [4.69, 9.17) is 4.98 Å². The molecule has 0 aliphatic heterocycles. The average molecular weight is 491 g/mol. The molecule has 0 bridgehead atoms. The maximum absolute atomic E-state index is 12.7. The van der Waals surface area contributed by atoms with Crippen LogP contribution in [0.3, 0.4) is 0 Å². The zero-order valence-electron chi connectivity index (χ0n) is 21.7. The van der Waals surface area contributed by atoms with Crippen molar-refractivity contribution in [3.8, 4) is 0 Å². The Bertz CT molecular complexity index is 1240. The van der Waals surface area contributed by atoms with E-state index in [1.165, 1.54) is 11.1 Å². The number of aromatic nitrogens is 3. The summed E-state index contributed by atoms with van der Waals surface area (Å²) in [5.41, 5.74) is 4.27. The molecule has 9 nitrogen and oxygen atoms in total. The van der Waals surface area contributed by atoms with Crippen molar-refractivity contribution >= 4 is 29.2 Å². The molecule has 0 radical (unpaired) electrons. The van der Waals surface area contributed by atoms with Crippen molar-refractivity contribution in [2.45, 2.75) is 45.1 Å². The molecule has 1 aromatic carbocycles. The highest BCUT2D eigenvalue weighted by Crippen LogP contribution is 2.28. The highest BCUT2D eigenvalue weighted by Gasteiger charge is 2.25. The number of fused-ring (bicyclic) bond motifs is 1. The van der Waals surface area contributed by atoms with E-state index >= 15 is 0 Å². The SMILES string of the molecule is CCNC(=O)c1cnc(Nc2ccc3c(c2)CC(N(C)C)C3)nc1[NH2+]c1cccc(C(C)(C)CO)n1. The number of rotatable bonds is 9. The van der Waals surface area contributed by atoms with Gasteiger partial charge in [-0.15, -0.1) is 0 Å². The van der Waals surface area contributed by atoms with Crippen LogP contribution in [0, 0.1) is 0 Å². The van der Waals surface area contributed by atoms with Crippen molar-refractivity contribution in [1.29, 1.82) is 0 Å². The van der Waals surface area contributed by atoms with Gasteiger partial charge in [-0.1, -0.05) is 26.0 Å². The number of likely N-dealkylation sites (N-methyl/N-ethyl adjacent to an activating group) is 1. The number of nitrogens with one attached hydrogen (secondary N) is 2. The predicted octanol–water partition coefficient (Wildman–Crippen LogP) is 2.19. The number of nitrogens with two attached hydrogens (primary N) is 1. The first-order valence-electron chi connectivity index (χ1n) is 12.3. The van der Waals surface area contributed by atoms with E-state index in [0.717, 1.165) is 24.2 Å². The summed E-state index contributed by atoms with van der Waals surface area (Å²) in [5.74, 6) is 1.29. The Morgan fingerprint density at radius 1 is 1.17 bits per heavy atom. The minimum absolute atomic E-state index is 0.0226. The summed E-state index contributed by atoms with van der Waals surface area (Å²) in [6.45, 7) is 6.21. The lowest BCUT2D eigenvalue weighted by Gasteiger charge is -2.20. The topological polar surface area (TPSA) is 120 Å².